The third-order valence-corrected chi connectivity index (χ3v) is 4.10. The highest BCUT2D eigenvalue weighted by Gasteiger charge is 2.07. The Bertz CT molecular complexity index is 474. The van der Waals surface area contributed by atoms with Gasteiger partial charge < -0.3 is 20.1 Å². The Morgan fingerprint density at radius 2 is 2.00 bits per heavy atom. The van der Waals surface area contributed by atoms with E-state index >= 15 is 0 Å². The average molecular weight is 465 g/mol. The minimum Gasteiger partial charge on any atom is -0.359 e. The van der Waals surface area contributed by atoms with Crippen molar-refractivity contribution in [2.24, 2.45) is 4.99 Å². The van der Waals surface area contributed by atoms with E-state index in [-0.39, 0.29) is 24.0 Å². The maximum absolute atomic E-state index is 5.29. The molecule has 1 aromatic rings. The van der Waals surface area contributed by atoms with Crippen LogP contribution in [0, 0.1) is 0 Å². The molecule has 25 heavy (non-hydrogen) atoms. The number of nitrogens with one attached hydrogen (secondary N) is 2. The zero-order valence-corrected chi connectivity index (χ0v) is 18.8. The molecular formula is C18H36IN5O. The Hall–Kier alpha value is -0.830. The number of aliphatic imine (C=N–C) groups is 1. The first-order chi connectivity index (χ1) is 11.6. The van der Waals surface area contributed by atoms with Crippen molar-refractivity contribution in [2.45, 2.75) is 66.5 Å². The predicted molar refractivity (Wildman–Crippen MR) is 116 cm³/mol. The lowest BCUT2D eigenvalue weighted by atomic mass is 10.2. The first-order valence-corrected chi connectivity index (χ1v) is 9.34. The average Bonchev–Trinajstić information content (AvgIpc) is 3.05. The van der Waals surface area contributed by atoms with Crippen LogP contribution in [0.3, 0.4) is 0 Å². The second kappa shape index (κ2) is 14.4. The van der Waals surface area contributed by atoms with Crippen LogP contribution in [0.15, 0.2) is 15.6 Å². The molecule has 0 aliphatic carbocycles. The van der Waals surface area contributed by atoms with E-state index in [0.29, 0.717) is 12.6 Å². The SMILES string of the molecule is CCNC(=NCc1cc(CC)no1)NC(C)CCCN(CC)CC.I. The highest BCUT2D eigenvalue weighted by molar-refractivity contribution is 14.0. The molecule has 1 atom stereocenters. The number of aromatic nitrogens is 1. The summed E-state index contributed by atoms with van der Waals surface area (Å²) in [7, 11) is 0. The van der Waals surface area contributed by atoms with E-state index in [2.05, 4.69) is 60.3 Å². The largest absolute Gasteiger partial charge is 0.359 e. The smallest absolute Gasteiger partial charge is 0.191 e. The molecule has 0 bridgehead atoms. The second-order valence-electron chi connectivity index (χ2n) is 6.05. The van der Waals surface area contributed by atoms with Gasteiger partial charge in [-0.3, -0.25) is 0 Å². The number of aryl methyl sites for hydroxylation is 1. The van der Waals surface area contributed by atoms with Crippen molar-refractivity contribution in [3.05, 3.63) is 17.5 Å². The molecule has 0 saturated carbocycles. The van der Waals surface area contributed by atoms with Gasteiger partial charge >= 0.3 is 0 Å². The molecule has 1 rings (SSSR count). The topological polar surface area (TPSA) is 65.7 Å². The van der Waals surface area contributed by atoms with Crippen LogP contribution < -0.4 is 10.6 Å². The van der Waals surface area contributed by atoms with Gasteiger partial charge in [0.05, 0.1) is 5.69 Å². The maximum atomic E-state index is 5.29. The predicted octanol–water partition coefficient (Wildman–Crippen LogP) is 3.42. The van der Waals surface area contributed by atoms with Crippen molar-refractivity contribution in [2.75, 3.05) is 26.2 Å². The summed E-state index contributed by atoms with van der Waals surface area (Å²) >= 11 is 0. The van der Waals surface area contributed by atoms with Crippen LogP contribution in [0.4, 0.5) is 0 Å². The molecule has 0 aliphatic rings. The Kier molecular flexibility index (Phi) is 13.9. The van der Waals surface area contributed by atoms with Gasteiger partial charge in [-0.25, -0.2) is 4.99 Å². The molecule has 0 fully saturated rings. The van der Waals surface area contributed by atoms with Crippen LogP contribution in [-0.2, 0) is 13.0 Å². The summed E-state index contributed by atoms with van der Waals surface area (Å²) in [5.41, 5.74) is 0.975. The highest BCUT2D eigenvalue weighted by atomic mass is 127. The number of rotatable bonds is 11. The lowest BCUT2D eigenvalue weighted by Crippen LogP contribution is -2.42. The molecule has 1 unspecified atom stereocenters. The number of halogens is 1. The zero-order valence-electron chi connectivity index (χ0n) is 16.5. The molecule has 7 heteroatoms. The number of hydrogen-bond acceptors (Lipinski definition) is 4. The van der Waals surface area contributed by atoms with Gasteiger partial charge in [0.1, 0.15) is 6.54 Å². The van der Waals surface area contributed by atoms with E-state index in [9.17, 15) is 0 Å². The Morgan fingerprint density at radius 3 is 2.56 bits per heavy atom. The van der Waals surface area contributed by atoms with E-state index in [1.54, 1.807) is 0 Å². The molecule has 0 amide bonds. The molecule has 1 heterocycles. The highest BCUT2D eigenvalue weighted by Crippen LogP contribution is 2.05. The van der Waals surface area contributed by atoms with Crippen LogP contribution in [0.25, 0.3) is 0 Å². The molecule has 0 aliphatic heterocycles. The van der Waals surface area contributed by atoms with Crippen molar-refractivity contribution in [1.82, 2.24) is 20.7 Å². The van der Waals surface area contributed by atoms with Gasteiger partial charge in [0.15, 0.2) is 11.7 Å². The van der Waals surface area contributed by atoms with E-state index < -0.39 is 0 Å². The molecule has 2 N–H and O–H groups in total. The van der Waals surface area contributed by atoms with E-state index in [0.717, 1.165) is 56.4 Å². The third kappa shape index (κ3) is 10.0. The Balaban J connectivity index is 0.00000576. The lowest BCUT2D eigenvalue weighted by Gasteiger charge is -2.21. The monoisotopic (exact) mass is 465 g/mol. The third-order valence-electron chi connectivity index (χ3n) is 4.10. The van der Waals surface area contributed by atoms with Gasteiger partial charge in [-0.05, 0) is 52.7 Å². The van der Waals surface area contributed by atoms with Gasteiger partial charge in [-0.2, -0.15) is 0 Å². The zero-order chi connectivity index (χ0) is 17.8. The first kappa shape index (κ1) is 24.2. The molecule has 0 radical (unpaired) electrons. The summed E-state index contributed by atoms with van der Waals surface area (Å²) in [6.45, 7) is 15.5. The summed E-state index contributed by atoms with van der Waals surface area (Å²) in [6.07, 6.45) is 3.20. The normalized spacial score (nSPS) is 12.8. The molecule has 0 saturated heterocycles. The van der Waals surface area contributed by atoms with Gasteiger partial charge in [0.2, 0.25) is 0 Å². The number of guanidine groups is 1. The van der Waals surface area contributed by atoms with E-state index in [1.165, 1.54) is 6.42 Å². The number of nitrogens with zero attached hydrogens (tertiary/aromatic N) is 3. The van der Waals surface area contributed by atoms with Gasteiger partial charge in [-0.1, -0.05) is 25.9 Å². The lowest BCUT2D eigenvalue weighted by molar-refractivity contribution is 0.292. The molecule has 0 aromatic carbocycles. The molecule has 1 aromatic heterocycles. The van der Waals surface area contributed by atoms with E-state index in [4.69, 9.17) is 4.52 Å². The summed E-state index contributed by atoms with van der Waals surface area (Å²) in [5, 5.41) is 10.8. The van der Waals surface area contributed by atoms with Crippen molar-refractivity contribution in [3.63, 3.8) is 0 Å². The van der Waals surface area contributed by atoms with Crippen molar-refractivity contribution in [3.8, 4) is 0 Å². The number of hydrogen-bond donors (Lipinski definition) is 2. The molecule has 6 nitrogen and oxygen atoms in total. The summed E-state index contributed by atoms with van der Waals surface area (Å²) < 4.78 is 5.29. The maximum Gasteiger partial charge on any atom is 0.191 e. The van der Waals surface area contributed by atoms with Gasteiger partial charge in [0.25, 0.3) is 0 Å². The molecular weight excluding hydrogens is 429 g/mol. The van der Waals surface area contributed by atoms with Crippen LogP contribution in [-0.4, -0.2) is 48.2 Å². The van der Waals surface area contributed by atoms with Crippen molar-refractivity contribution < 1.29 is 4.52 Å². The van der Waals surface area contributed by atoms with Crippen molar-refractivity contribution >= 4 is 29.9 Å². The van der Waals surface area contributed by atoms with Crippen LogP contribution in [0.2, 0.25) is 0 Å². The minimum absolute atomic E-state index is 0. The van der Waals surface area contributed by atoms with E-state index in [1.807, 2.05) is 6.07 Å². The fourth-order valence-corrected chi connectivity index (χ4v) is 2.54. The first-order valence-electron chi connectivity index (χ1n) is 9.34. The summed E-state index contributed by atoms with van der Waals surface area (Å²) in [5.74, 6) is 1.64. The fourth-order valence-electron chi connectivity index (χ4n) is 2.54. The fraction of sp³-hybridized carbons (Fsp3) is 0.778. The van der Waals surface area contributed by atoms with Gasteiger partial charge in [-0.15, -0.1) is 24.0 Å². The van der Waals surface area contributed by atoms with Crippen LogP contribution in [0.1, 0.15) is 58.9 Å². The summed E-state index contributed by atoms with van der Waals surface area (Å²) in [4.78, 5) is 7.06. The molecule has 146 valence electrons. The van der Waals surface area contributed by atoms with Crippen molar-refractivity contribution in [1.29, 1.82) is 0 Å². The molecule has 0 spiro atoms. The van der Waals surface area contributed by atoms with Crippen LogP contribution >= 0.6 is 24.0 Å². The second-order valence-corrected chi connectivity index (χ2v) is 6.05. The Morgan fingerprint density at radius 1 is 1.28 bits per heavy atom. The quantitative estimate of drug-likeness (QED) is 0.298. The van der Waals surface area contributed by atoms with Crippen LogP contribution in [0.5, 0.6) is 0 Å². The standard InChI is InChI=1S/C18H35N5O.HI/c1-6-16-13-17(24-22-16)14-20-18(19-7-2)21-15(5)11-10-12-23(8-3)9-4;/h13,15H,6-12,14H2,1-5H3,(H2,19,20,21);1H. The van der Waals surface area contributed by atoms with Gasteiger partial charge in [0, 0.05) is 18.7 Å². The summed E-state index contributed by atoms with van der Waals surface area (Å²) in [6, 6.07) is 2.36. The minimum atomic E-state index is 0. The Labute approximate surface area is 170 Å².